The van der Waals surface area contributed by atoms with Crippen LogP contribution in [-0.2, 0) is 4.74 Å². The third kappa shape index (κ3) is 4.67. The van der Waals surface area contributed by atoms with Crippen LogP contribution in [0.2, 0.25) is 10.0 Å². The SMILES string of the molecule is CCOC(=O)c1nn(-c2ccc(F)cc2)c(=O)cc1NC(=O)c1cc(Cl)ccc1Cl. The third-order valence-electron chi connectivity index (χ3n) is 3.89. The number of nitrogens with zero attached hydrogens (tertiary/aromatic N) is 2. The molecule has 0 saturated carbocycles. The Bertz CT molecular complexity index is 1180. The summed E-state index contributed by atoms with van der Waals surface area (Å²) in [6, 6.07) is 10.2. The van der Waals surface area contributed by atoms with E-state index in [2.05, 4.69) is 10.4 Å². The molecule has 0 saturated heterocycles. The van der Waals surface area contributed by atoms with Crippen molar-refractivity contribution in [1.29, 1.82) is 0 Å². The Kier molecular flexibility index (Phi) is 6.49. The Morgan fingerprint density at radius 2 is 1.83 bits per heavy atom. The molecule has 0 radical (unpaired) electrons. The van der Waals surface area contributed by atoms with E-state index in [0.717, 1.165) is 22.9 Å². The second-order valence-corrected chi connectivity index (χ2v) is 6.78. The van der Waals surface area contributed by atoms with Gasteiger partial charge in [0.15, 0.2) is 5.69 Å². The van der Waals surface area contributed by atoms with E-state index >= 15 is 0 Å². The van der Waals surface area contributed by atoms with E-state index in [9.17, 15) is 18.8 Å². The summed E-state index contributed by atoms with van der Waals surface area (Å²) in [6.45, 7) is 1.64. The molecule has 1 heterocycles. The van der Waals surface area contributed by atoms with Crippen LogP contribution >= 0.6 is 23.2 Å². The summed E-state index contributed by atoms with van der Waals surface area (Å²) in [7, 11) is 0. The van der Waals surface area contributed by atoms with E-state index < -0.39 is 23.3 Å². The Morgan fingerprint density at radius 1 is 1.13 bits per heavy atom. The zero-order valence-corrected chi connectivity index (χ0v) is 17.0. The summed E-state index contributed by atoms with van der Waals surface area (Å²) < 4.78 is 19.1. The van der Waals surface area contributed by atoms with E-state index in [-0.39, 0.29) is 39.3 Å². The minimum absolute atomic E-state index is 0.0432. The molecular formula is C20H14Cl2FN3O4. The average molecular weight is 450 g/mol. The smallest absolute Gasteiger partial charge is 0.360 e. The van der Waals surface area contributed by atoms with Gasteiger partial charge in [0.05, 0.1) is 28.6 Å². The van der Waals surface area contributed by atoms with Crippen LogP contribution in [0.15, 0.2) is 53.3 Å². The van der Waals surface area contributed by atoms with Crippen molar-refractivity contribution >= 4 is 40.8 Å². The van der Waals surface area contributed by atoms with Gasteiger partial charge in [0.25, 0.3) is 11.5 Å². The summed E-state index contributed by atoms with van der Waals surface area (Å²) in [5, 5.41) is 6.86. The Hall–Kier alpha value is -3.23. The summed E-state index contributed by atoms with van der Waals surface area (Å²) in [4.78, 5) is 37.6. The first-order chi connectivity index (χ1) is 14.3. The van der Waals surface area contributed by atoms with Crippen molar-refractivity contribution in [2.24, 2.45) is 0 Å². The molecule has 0 unspecified atom stereocenters. The summed E-state index contributed by atoms with van der Waals surface area (Å²) in [5.74, 6) is -2.06. The van der Waals surface area contributed by atoms with Gasteiger partial charge in [-0.15, -0.1) is 0 Å². The molecule has 1 N–H and O–H groups in total. The minimum atomic E-state index is -0.860. The first-order valence-corrected chi connectivity index (χ1v) is 9.39. The van der Waals surface area contributed by atoms with Crippen molar-refractivity contribution in [2.75, 3.05) is 11.9 Å². The highest BCUT2D eigenvalue weighted by Gasteiger charge is 2.21. The highest BCUT2D eigenvalue weighted by molar-refractivity contribution is 6.36. The highest BCUT2D eigenvalue weighted by atomic mass is 35.5. The van der Waals surface area contributed by atoms with Crippen molar-refractivity contribution in [1.82, 2.24) is 9.78 Å². The lowest BCUT2D eigenvalue weighted by molar-refractivity contribution is 0.0518. The monoisotopic (exact) mass is 449 g/mol. The van der Waals surface area contributed by atoms with Gasteiger partial charge in [-0.1, -0.05) is 23.2 Å². The normalized spacial score (nSPS) is 10.5. The molecule has 7 nitrogen and oxygen atoms in total. The van der Waals surface area contributed by atoms with Crippen molar-refractivity contribution in [3.05, 3.63) is 86.0 Å². The summed E-state index contributed by atoms with van der Waals surface area (Å²) >= 11 is 11.9. The predicted octanol–water partition coefficient (Wildman–Crippen LogP) is 4.11. The van der Waals surface area contributed by atoms with Crippen molar-refractivity contribution in [3.63, 3.8) is 0 Å². The topological polar surface area (TPSA) is 90.3 Å². The number of halogens is 3. The summed E-state index contributed by atoms with van der Waals surface area (Å²) in [5.41, 5.74) is -0.878. The number of hydrogen-bond acceptors (Lipinski definition) is 5. The number of amides is 1. The van der Waals surface area contributed by atoms with Crippen LogP contribution in [0.25, 0.3) is 5.69 Å². The van der Waals surface area contributed by atoms with Crippen LogP contribution in [-0.4, -0.2) is 28.3 Å². The maximum atomic E-state index is 13.2. The van der Waals surface area contributed by atoms with Crippen LogP contribution in [0.4, 0.5) is 10.1 Å². The molecule has 3 aromatic rings. The lowest BCUT2D eigenvalue weighted by atomic mass is 10.2. The van der Waals surface area contributed by atoms with Gasteiger partial charge < -0.3 is 10.1 Å². The van der Waals surface area contributed by atoms with Crippen LogP contribution in [0.5, 0.6) is 0 Å². The first-order valence-electron chi connectivity index (χ1n) is 8.64. The van der Waals surface area contributed by atoms with Crippen molar-refractivity contribution in [3.8, 4) is 5.69 Å². The molecule has 0 aliphatic carbocycles. The van der Waals surface area contributed by atoms with Crippen molar-refractivity contribution < 1.29 is 18.7 Å². The zero-order valence-electron chi connectivity index (χ0n) is 15.5. The number of ether oxygens (including phenoxy) is 1. The zero-order chi connectivity index (χ0) is 21.8. The second-order valence-electron chi connectivity index (χ2n) is 5.93. The number of carbonyl (C=O) groups excluding carboxylic acids is 2. The quantitative estimate of drug-likeness (QED) is 0.591. The van der Waals surface area contributed by atoms with Gasteiger partial charge in [0.1, 0.15) is 5.82 Å². The van der Waals surface area contributed by atoms with Gasteiger partial charge in [-0.25, -0.2) is 9.18 Å². The second kappa shape index (κ2) is 9.06. The fourth-order valence-corrected chi connectivity index (χ4v) is 2.91. The molecule has 30 heavy (non-hydrogen) atoms. The molecular weight excluding hydrogens is 436 g/mol. The molecule has 0 aliphatic heterocycles. The number of anilines is 1. The van der Waals surface area contributed by atoms with Gasteiger partial charge >= 0.3 is 5.97 Å². The van der Waals surface area contributed by atoms with E-state index in [1.54, 1.807) is 6.92 Å². The molecule has 10 heteroatoms. The van der Waals surface area contributed by atoms with Gasteiger partial charge in [-0.2, -0.15) is 9.78 Å². The number of aromatic nitrogens is 2. The lowest BCUT2D eigenvalue weighted by Gasteiger charge is -2.13. The summed E-state index contributed by atoms with van der Waals surface area (Å²) in [6.07, 6.45) is 0. The number of carbonyl (C=O) groups is 2. The highest BCUT2D eigenvalue weighted by Crippen LogP contribution is 2.22. The number of esters is 1. The fourth-order valence-electron chi connectivity index (χ4n) is 2.53. The third-order valence-corrected chi connectivity index (χ3v) is 4.46. The molecule has 0 spiro atoms. The van der Waals surface area contributed by atoms with Gasteiger partial charge in [0, 0.05) is 11.1 Å². The standard InChI is InChI=1S/C20H14Cl2FN3O4/c1-2-30-20(29)18-16(24-19(28)14-9-11(21)3-8-15(14)22)10-17(27)26(25-18)13-6-4-12(23)5-7-13/h3-10H,2H2,1H3,(H,24,28). The molecule has 0 fully saturated rings. The fraction of sp³-hybridized carbons (Fsp3) is 0.100. The molecule has 154 valence electrons. The molecule has 2 aromatic carbocycles. The van der Waals surface area contributed by atoms with Gasteiger partial charge in [-0.05, 0) is 49.4 Å². The maximum Gasteiger partial charge on any atom is 0.360 e. The van der Waals surface area contributed by atoms with Crippen molar-refractivity contribution in [2.45, 2.75) is 6.92 Å². The van der Waals surface area contributed by atoms with Gasteiger partial charge in [-0.3, -0.25) is 9.59 Å². The van der Waals surface area contributed by atoms with Gasteiger partial charge in [0.2, 0.25) is 0 Å². The largest absolute Gasteiger partial charge is 0.461 e. The van der Waals surface area contributed by atoms with Crippen LogP contribution in [0, 0.1) is 5.82 Å². The van der Waals surface area contributed by atoms with Crippen LogP contribution in [0.1, 0.15) is 27.8 Å². The molecule has 1 amide bonds. The predicted molar refractivity (Wildman–Crippen MR) is 110 cm³/mol. The van der Waals surface area contributed by atoms with Crippen LogP contribution < -0.4 is 10.9 Å². The van der Waals surface area contributed by atoms with E-state index in [0.29, 0.717) is 0 Å². The first kappa shape index (κ1) is 21.5. The van der Waals surface area contributed by atoms with E-state index in [4.69, 9.17) is 27.9 Å². The Labute approximate surface area is 180 Å². The molecule has 0 aliphatic rings. The molecule has 1 aromatic heterocycles. The molecule has 3 rings (SSSR count). The number of rotatable bonds is 5. The molecule has 0 bridgehead atoms. The number of benzene rings is 2. The maximum absolute atomic E-state index is 13.2. The average Bonchev–Trinajstić information content (AvgIpc) is 2.71. The van der Waals surface area contributed by atoms with E-state index in [1.165, 1.54) is 30.3 Å². The number of hydrogen-bond donors (Lipinski definition) is 1. The van der Waals surface area contributed by atoms with E-state index in [1.807, 2.05) is 0 Å². The Balaban J connectivity index is 2.07. The number of nitrogens with one attached hydrogen (secondary N) is 1. The minimum Gasteiger partial charge on any atom is -0.461 e. The van der Waals surface area contributed by atoms with Crippen LogP contribution in [0.3, 0.4) is 0 Å². The Morgan fingerprint density at radius 3 is 2.50 bits per heavy atom. The lowest BCUT2D eigenvalue weighted by Crippen LogP contribution is -2.27. The molecule has 0 atom stereocenters.